The number of carbonyl (C=O) groups is 1. The first-order valence-electron chi connectivity index (χ1n) is 4.76. The van der Waals surface area contributed by atoms with Gasteiger partial charge in [0.05, 0.1) is 24.8 Å². The number of esters is 1. The van der Waals surface area contributed by atoms with Gasteiger partial charge in [-0.15, -0.1) is 0 Å². The molecule has 0 N–H and O–H groups in total. The van der Waals surface area contributed by atoms with Crippen LogP contribution >= 0.6 is 11.6 Å². The van der Waals surface area contributed by atoms with Crippen molar-refractivity contribution in [2.45, 2.75) is 5.92 Å². The fourth-order valence-electron chi connectivity index (χ4n) is 1.79. The van der Waals surface area contributed by atoms with Gasteiger partial charge in [0, 0.05) is 0 Å². The molecule has 1 unspecified atom stereocenters. The molecule has 16 heavy (non-hydrogen) atoms. The molecule has 0 saturated carbocycles. The second-order valence-corrected chi connectivity index (χ2v) is 3.79. The van der Waals surface area contributed by atoms with E-state index in [1.807, 2.05) is 0 Å². The first-order chi connectivity index (χ1) is 7.69. The van der Waals surface area contributed by atoms with E-state index in [-0.39, 0.29) is 12.6 Å². The van der Waals surface area contributed by atoms with E-state index in [2.05, 4.69) is 0 Å². The van der Waals surface area contributed by atoms with Gasteiger partial charge in [0.1, 0.15) is 24.0 Å². The van der Waals surface area contributed by atoms with Crippen molar-refractivity contribution in [1.82, 2.24) is 0 Å². The molecule has 0 aliphatic carbocycles. The average molecular weight is 243 g/mol. The minimum absolute atomic E-state index is 0.238. The molecule has 1 aromatic carbocycles. The van der Waals surface area contributed by atoms with Crippen LogP contribution in [-0.4, -0.2) is 26.8 Å². The van der Waals surface area contributed by atoms with Crippen molar-refractivity contribution < 1.29 is 19.0 Å². The lowest BCUT2D eigenvalue weighted by molar-refractivity contribution is -0.142. The molecular weight excluding hydrogens is 232 g/mol. The number of carbonyl (C=O) groups excluding carboxylic acids is 1. The molecule has 0 fully saturated rings. The minimum atomic E-state index is -0.464. The van der Waals surface area contributed by atoms with E-state index in [1.165, 1.54) is 14.2 Å². The number of ether oxygens (including phenoxy) is 3. The monoisotopic (exact) mass is 242 g/mol. The van der Waals surface area contributed by atoms with Crippen molar-refractivity contribution in [3.63, 3.8) is 0 Å². The lowest BCUT2D eigenvalue weighted by atomic mass is 10.0. The van der Waals surface area contributed by atoms with E-state index >= 15 is 0 Å². The molecule has 1 atom stereocenters. The Hall–Kier alpha value is -1.42. The maximum atomic E-state index is 11.6. The van der Waals surface area contributed by atoms with Crippen molar-refractivity contribution >= 4 is 17.6 Å². The molecular formula is C11H11ClO4. The first-order valence-corrected chi connectivity index (χ1v) is 5.13. The van der Waals surface area contributed by atoms with Gasteiger partial charge in [0.25, 0.3) is 0 Å². The van der Waals surface area contributed by atoms with Gasteiger partial charge in [-0.25, -0.2) is 0 Å². The molecule has 0 aromatic heterocycles. The predicted octanol–water partition coefficient (Wildman–Crippen LogP) is 2.00. The van der Waals surface area contributed by atoms with Crippen LogP contribution in [0.4, 0.5) is 0 Å². The minimum Gasteiger partial charge on any atom is -0.496 e. The number of benzene rings is 1. The normalized spacial score (nSPS) is 17.6. The second-order valence-electron chi connectivity index (χ2n) is 3.38. The Morgan fingerprint density at radius 1 is 1.50 bits per heavy atom. The molecule has 1 aliphatic rings. The van der Waals surface area contributed by atoms with Gasteiger partial charge < -0.3 is 14.2 Å². The van der Waals surface area contributed by atoms with Crippen LogP contribution in [0.25, 0.3) is 0 Å². The molecule has 0 amide bonds. The highest BCUT2D eigenvalue weighted by Crippen LogP contribution is 2.45. The van der Waals surface area contributed by atoms with Crippen LogP contribution in [0, 0.1) is 0 Å². The summed E-state index contributed by atoms with van der Waals surface area (Å²) >= 11 is 5.98. The zero-order valence-corrected chi connectivity index (χ0v) is 9.71. The average Bonchev–Trinajstić information content (AvgIpc) is 2.74. The maximum Gasteiger partial charge on any atom is 0.316 e. The van der Waals surface area contributed by atoms with Crippen LogP contribution in [0.1, 0.15) is 11.5 Å². The second kappa shape index (κ2) is 4.22. The number of fused-ring (bicyclic) bond motifs is 1. The van der Waals surface area contributed by atoms with Crippen LogP contribution < -0.4 is 9.47 Å². The molecule has 0 spiro atoms. The molecule has 1 aromatic rings. The topological polar surface area (TPSA) is 44.8 Å². The van der Waals surface area contributed by atoms with E-state index in [1.54, 1.807) is 12.1 Å². The zero-order chi connectivity index (χ0) is 11.7. The number of methoxy groups -OCH3 is 2. The first kappa shape index (κ1) is 11.1. The lowest BCUT2D eigenvalue weighted by Crippen LogP contribution is -2.15. The predicted molar refractivity (Wildman–Crippen MR) is 58.3 cm³/mol. The van der Waals surface area contributed by atoms with E-state index in [0.29, 0.717) is 22.1 Å². The summed E-state index contributed by atoms with van der Waals surface area (Å²) in [5.74, 6) is 0.289. The molecule has 5 heteroatoms. The summed E-state index contributed by atoms with van der Waals surface area (Å²) < 4.78 is 15.3. The van der Waals surface area contributed by atoms with Gasteiger partial charge in [0.15, 0.2) is 0 Å². The highest BCUT2D eigenvalue weighted by molar-refractivity contribution is 6.32. The van der Waals surface area contributed by atoms with Crippen molar-refractivity contribution in [2.24, 2.45) is 0 Å². The molecule has 2 rings (SSSR count). The molecule has 1 aliphatic heterocycles. The van der Waals surface area contributed by atoms with Crippen LogP contribution in [-0.2, 0) is 9.53 Å². The van der Waals surface area contributed by atoms with Crippen LogP contribution in [0.15, 0.2) is 12.1 Å². The van der Waals surface area contributed by atoms with E-state index < -0.39 is 5.92 Å². The molecule has 1 heterocycles. The Kier molecular flexibility index (Phi) is 2.92. The largest absolute Gasteiger partial charge is 0.496 e. The number of halogens is 1. The van der Waals surface area contributed by atoms with Crippen LogP contribution in [0.3, 0.4) is 0 Å². The Morgan fingerprint density at radius 3 is 2.88 bits per heavy atom. The molecule has 0 radical (unpaired) electrons. The van der Waals surface area contributed by atoms with Crippen molar-refractivity contribution in [3.05, 3.63) is 22.7 Å². The molecule has 0 bridgehead atoms. The third-order valence-electron chi connectivity index (χ3n) is 2.56. The number of hydrogen-bond donors (Lipinski definition) is 0. The van der Waals surface area contributed by atoms with Crippen LogP contribution in [0.2, 0.25) is 5.02 Å². The van der Waals surface area contributed by atoms with Gasteiger partial charge in [-0.3, -0.25) is 4.79 Å². The standard InChI is InChI=1S/C11H11ClO4/c1-14-8-4-3-7(12)10-9(8)6(5-16-10)11(13)15-2/h3-4,6H,5H2,1-2H3. The van der Waals surface area contributed by atoms with Crippen molar-refractivity contribution in [1.29, 1.82) is 0 Å². The van der Waals surface area contributed by atoms with Gasteiger partial charge in [0.2, 0.25) is 0 Å². The van der Waals surface area contributed by atoms with Gasteiger partial charge in [-0.1, -0.05) is 11.6 Å². The van der Waals surface area contributed by atoms with Gasteiger partial charge in [-0.2, -0.15) is 0 Å². The van der Waals surface area contributed by atoms with E-state index in [0.717, 1.165) is 0 Å². The quantitative estimate of drug-likeness (QED) is 0.744. The Bertz CT molecular complexity index is 430. The Morgan fingerprint density at radius 2 is 2.25 bits per heavy atom. The maximum absolute atomic E-state index is 11.6. The SMILES string of the molecule is COC(=O)C1COc2c(Cl)ccc(OC)c21. The fourth-order valence-corrected chi connectivity index (χ4v) is 2.01. The zero-order valence-electron chi connectivity index (χ0n) is 8.95. The molecule has 0 saturated heterocycles. The van der Waals surface area contributed by atoms with Crippen molar-refractivity contribution in [2.75, 3.05) is 20.8 Å². The van der Waals surface area contributed by atoms with E-state index in [4.69, 9.17) is 25.8 Å². The fraction of sp³-hybridized carbons (Fsp3) is 0.364. The molecule has 86 valence electrons. The summed E-state index contributed by atoms with van der Waals surface area (Å²) in [5, 5.41) is 0.474. The molecule has 4 nitrogen and oxygen atoms in total. The lowest BCUT2D eigenvalue weighted by Gasteiger charge is -2.10. The van der Waals surface area contributed by atoms with E-state index in [9.17, 15) is 4.79 Å². The summed E-state index contributed by atoms with van der Waals surface area (Å²) in [4.78, 5) is 11.6. The summed E-state index contributed by atoms with van der Waals surface area (Å²) in [7, 11) is 2.88. The Labute approximate surface area is 98.1 Å². The highest BCUT2D eigenvalue weighted by Gasteiger charge is 2.35. The highest BCUT2D eigenvalue weighted by atomic mass is 35.5. The third-order valence-corrected chi connectivity index (χ3v) is 2.85. The van der Waals surface area contributed by atoms with Gasteiger partial charge >= 0.3 is 5.97 Å². The third kappa shape index (κ3) is 1.59. The number of rotatable bonds is 2. The van der Waals surface area contributed by atoms with Gasteiger partial charge in [-0.05, 0) is 12.1 Å². The number of hydrogen-bond acceptors (Lipinski definition) is 4. The summed E-state index contributed by atoms with van der Waals surface area (Å²) in [6.45, 7) is 0.238. The smallest absolute Gasteiger partial charge is 0.316 e. The Balaban J connectivity index is 2.51. The summed E-state index contributed by atoms with van der Waals surface area (Å²) in [6, 6.07) is 3.39. The van der Waals surface area contributed by atoms with Crippen LogP contribution in [0.5, 0.6) is 11.5 Å². The summed E-state index contributed by atoms with van der Waals surface area (Å²) in [6.07, 6.45) is 0. The summed E-state index contributed by atoms with van der Waals surface area (Å²) in [5.41, 5.74) is 0.668. The van der Waals surface area contributed by atoms with Crippen molar-refractivity contribution in [3.8, 4) is 11.5 Å².